The second-order valence-corrected chi connectivity index (χ2v) is 12.3. The summed E-state index contributed by atoms with van der Waals surface area (Å²) in [5.41, 5.74) is 8.03. The number of hydrogen-bond donors (Lipinski definition) is 2. The Balaban J connectivity index is 1.37. The lowest BCUT2D eigenvalue weighted by Crippen LogP contribution is -2.43. The van der Waals surface area contributed by atoms with Gasteiger partial charge in [0.15, 0.2) is 10.9 Å². The molecule has 0 aliphatic carbocycles. The zero-order chi connectivity index (χ0) is 27.4. The van der Waals surface area contributed by atoms with Gasteiger partial charge in [-0.15, -0.1) is 0 Å². The molecule has 3 N–H and O–H groups in total. The lowest BCUT2D eigenvalue weighted by molar-refractivity contribution is 0.108. The van der Waals surface area contributed by atoms with E-state index >= 15 is 4.39 Å². The van der Waals surface area contributed by atoms with Crippen LogP contribution in [-0.4, -0.2) is 71.3 Å². The zero-order valence-corrected chi connectivity index (χ0v) is 23.4. The molecular weight excluding hydrogens is 532 g/mol. The van der Waals surface area contributed by atoms with Crippen LogP contribution < -0.4 is 20.7 Å². The van der Waals surface area contributed by atoms with E-state index in [-0.39, 0.29) is 22.2 Å². The first kappa shape index (κ1) is 25.8. The van der Waals surface area contributed by atoms with Crippen molar-refractivity contribution in [2.75, 3.05) is 56.5 Å². The number of aryl methyl sites for hydroxylation is 1. The third-order valence-corrected chi connectivity index (χ3v) is 9.68. The first-order chi connectivity index (χ1) is 19.4. The topological polar surface area (TPSA) is 92.4 Å². The van der Waals surface area contributed by atoms with E-state index in [0.29, 0.717) is 44.7 Å². The summed E-state index contributed by atoms with van der Waals surface area (Å²) in [6.07, 6.45) is 5.48. The SMILES string of the molecule is Cc1cc2c(N3CCCNCC3)nc(OCC34CCCN3CCC4)nc2c(F)c1-c1ccc(F)c2sc(N)nc12. The molecule has 0 spiro atoms. The fourth-order valence-electron chi connectivity index (χ4n) is 6.87. The van der Waals surface area contributed by atoms with Crippen LogP contribution in [0.5, 0.6) is 6.01 Å². The van der Waals surface area contributed by atoms with Gasteiger partial charge in [-0.2, -0.15) is 9.97 Å². The predicted molar refractivity (Wildman–Crippen MR) is 155 cm³/mol. The monoisotopic (exact) mass is 565 g/mol. The van der Waals surface area contributed by atoms with E-state index < -0.39 is 11.6 Å². The van der Waals surface area contributed by atoms with Crippen LogP contribution in [0.3, 0.4) is 0 Å². The molecule has 3 aliphatic rings. The van der Waals surface area contributed by atoms with E-state index in [1.807, 2.05) is 13.0 Å². The van der Waals surface area contributed by atoms with Crippen LogP contribution in [-0.2, 0) is 0 Å². The van der Waals surface area contributed by atoms with Crippen molar-refractivity contribution in [1.82, 2.24) is 25.2 Å². The summed E-state index contributed by atoms with van der Waals surface area (Å²) < 4.78 is 37.9. The van der Waals surface area contributed by atoms with Crippen molar-refractivity contribution in [3.05, 3.63) is 35.4 Å². The van der Waals surface area contributed by atoms with Crippen molar-refractivity contribution in [3.8, 4) is 17.1 Å². The van der Waals surface area contributed by atoms with Crippen molar-refractivity contribution in [2.45, 2.75) is 44.6 Å². The van der Waals surface area contributed by atoms with Gasteiger partial charge >= 0.3 is 6.01 Å². The predicted octanol–water partition coefficient (Wildman–Crippen LogP) is 4.88. The van der Waals surface area contributed by atoms with Gasteiger partial charge in [-0.3, -0.25) is 4.90 Å². The minimum atomic E-state index is -0.488. The average molecular weight is 566 g/mol. The van der Waals surface area contributed by atoms with Crippen LogP contribution in [0.25, 0.3) is 32.2 Å². The molecular formula is C29H33F2N7OS. The quantitative estimate of drug-likeness (QED) is 0.354. The molecule has 0 bridgehead atoms. The maximum Gasteiger partial charge on any atom is 0.319 e. The highest BCUT2D eigenvalue weighted by Crippen LogP contribution is 2.42. The smallest absolute Gasteiger partial charge is 0.319 e. The zero-order valence-electron chi connectivity index (χ0n) is 22.6. The summed E-state index contributed by atoms with van der Waals surface area (Å²) in [5.74, 6) is -0.224. The van der Waals surface area contributed by atoms with Crippen LogP contribution in [0.4, 0.5) is 19.7 Å². The van der Waals surface area contributed by atoms with Gasteiger partial charge in [-0.25, -0.2) is 13.8 Å². The number of aromatic nitrogens is 3. The van der Waals surface area contributed by atoms with Gasteiger partial charge < -0.3 is 20.7 Å². The Morgan fingerprint density at radius 3 is 2.67 bits per heavy atom. The molecule has 8 nitrogen and oxygen atoms in total. The van der Waals surface area contributed by atoms with Gasteiger partial charge in [0.05, 0.1) is 15.8 Å². The Hall–Kier alpha value is -3.15. The number of anilines is 2. The summed E-state index contributed by atoms with van der Waals surface area (Å²) in [4.78, 5) is 18.6. The Kier molecular flexibility index (Phi) is 6.47. The normalized spacial score (nSPS) is 19.4. The molecule has 5 heterocycles. The van der Waals surface area contributed by atoms with E-state index in [9.17, 15) is 4.39 Å². The molecule has 0 saturated carbocycles. The maximum atomic E-state index is 16.7. The van der Waals surface area contributed by atoms with Crippen LogP contribution in [0, 0.1) is 18.6 Å². The molecule has 7 rings (SSSR count). The standard InChI is InChI=1S/C29H33F2N7OS/c1-17-15-19-23(22(31)21(17)18-5-6-20(30)25-24(18)34-27(32)40-25)35-28(36-26(19)37-11-4-9-33-10-14-37)39-16-29-7-2-12-38(29)13-3-8-29/h5-6,15,33H,2-4,7-14,16H2,1H3,(H2,32,34). The van der Waals surface area contributed by atoms with Gasteiger partial charge in [0.2, 0.25) is 0 Å². The number of thiazole rings is 1. The molecule has 0 radical (unpaired) electrons. The summed E-state index contributed by atoms with van der Waals surface area (Å²) in [7, 11) is 0. The lowest BCUT2D eigenvalue weighted by Gasteiger charge is -2.31. The number of fused-ring (bicyclic) bond motifs is 3. The molecule has 3 aliphatic heterocycles. The summed E-state index contributed by atoms with van der Waals surface area (Å²) in [6.45, 7) is 7.84. The van der Waals surface area contributed by atoms with Gasteiger partial charge in [0.25, 0.3) is 0 Å². The number of halogens is 2. The highest BCUT2D eigenvalue weighted by Gasteiger charge is 2.45. The van der Waals surface area contributed by atoms with E-state index in [1.54, 1.807) is 6.07 Å². The minimum Gasteiger partial charge on any atom is -0.461 e. The van der Waals surface area contributed by atoms with Crippen LogP contribution in [0.1, 0.15) is 37.7 Å². The van der Waals surface area contributed by atoms with E-state index in [0.717, 1.165) is 69.9 Å². The Bertz CT molecular complexity index is 1590. The first-order valence-corrected chi connectivity index (χ1v) is 14.9. The van der Waals surface area contributed by atoms with Crippen molar-refractivity contribution in [1.29, 1.82) is 0 Å². The Morgan fingerprint density at radius 2 is 1.85 bits per heavy atom. The first-order valence-electron chi connectivity index (χ1n) is 14.1. The second kappa shape index (κ2) is 10.0. The molecule has 0 amide bonds. The number of nitrogen functional groups attached to an aromatic ring is 1. The van der Waals surface area contributed by atoms with Crippen molar-refractivity contribution in [3.63, 3.8) is 0 Å². The molecule has 2 aromatic heterocycles. The molecule has 11 heteroatoms. The largest absolute Gasteiger partial charge is 0.461 e. The average Bonchev–Trinajstić information content (AvgIpc) is 3.57. The Labute approximate surface area is 235 Å². The molecule has 4 aromatic rings. The molecule has 40 heavy (non-hydrogen) atoms. The number of benzene rings is 2. The van der Waals surface area contributed by atoms with E-state index in [1.165, 1.54) is 18.9 Å². The second-order valence-electron chi connectivity index (χ2n) is 11.2. The molecule has 0 atom stereocenters. The highest BCUT2D eigenvalue weighted by molar-refractivity contribution is 7.22. The summed E-state index contributed by atoms with van der Waals surface area (Å²) in [6, 6.07) is 5.05. The maximum absolute atomic E-state index is 16.7. The van der Waals surface area contributed by atoms with Gasteiger partial charge in [-0.05, 0) is 82.4 Å². The summed E-state index contributed by atoms with van der Waals surface area (Å²) in [5, 5.41) is 4.31. The number of ether oxygens (including phenoxy) is 1. The summed E-state index contributed by atoms with van der Waals surface area (Å²) >= 11 is 1.06. The Morgan fingerprint density at radius 1 is 1.02 bits per heavy atom. The van der Waals surface area contributed by atoms with Crippen molar-refractivity contribution in [2.24, 2.45) is 0 Å². The number of nitrogens with two attached hydrogens (primary N) is 1. The van der Waals surface area contributed by atoms with Crippen molar-refractivity contribution >= 4 is 43.4 Å². The van der Waals surface area contributed by atoms with E-state index in [4.69, 9.17) is 15.5 Å². The number of hydrogen-bond acceptors (Lipinski definition) is 9. The van der Waals surface area contributed by atoms with Crippen LogP contribution >= 0.6 is 11.3 Å². The number of nitrogens with one attached hydrogen (secondary N) is 1. The van der Waals surface area contributed by atoms with Gasteiger partial charge in [-0.1, -0.05) is 11.3 Å². The number of rotatable bonds is 5. The fraction of sp³-hybridized carbons (Fsp3) is 0.483. The molecule has 210 valence electrons. The minimum absolute atomic E-state index is 0.0201. The molecule has 3 fully saturated rings. The highest BCUT2D eigenvalue weighted by atomic mass is 32.1. The van der Waals surface area contributed by atoms with Crippen molar-refractivity contribution < 1.29 is 13.5 Å². The molecule has 2 aromatic carbocycles. The van der Waals surface area contributed by atoms with Gasteiger partial charge in [0.1, 0.15) is 23.8 Å². The van der Waals surface area contributed by atoms with E-state index in [2.05, 4.69) is 25.1 Å². The number of nitrogens with zero attached hydrogens (tertiary/aromatic N) is 5. The van der Waals surface area contributed by atoms with Gasteiger partial charge in [0, 0.05) is 36.1 Å². The lowest BCUT2D eigenvalue weighted by atomic mass is 9.95. The van der Waals surface area contributed by atoms with Crippen LogP contribution in [0.15, 0.2) is 18.2 Å². The molecule has 3 saturated heterocycles. The third kappa shape index (κ3) is 4.26. The fourth-order valence-corrected chi connectivity index (χ4v) is 7.63. The van der Waals surface area contributed by atoms with Crippen LogP contribution in [0.2, 0.25) is 0 Å². The third-order valence-electron chi connectivity index (χ3n) is 8.79. The molecule has 0 unspecified atom stereocenters.